The molecule has 2 aromatic rings. The van der Waals surface area contributed by atoms with Crippen molar-refractivity contribution < 1.29 is 9.53 Å². The number of benzene rings is 1. The molecule has 0 radical (unpaired) electrons. The molecule has 3 fully saturated rings. The predicted octanol–water partition coefficient (Wildman–Crippen LogP) is 0.771. The molecule has 30 heavy (non-hydrogen) atoms. The van der Waals surface area contributed by atoms with E-state index in [1.807, 2.05) is 18.2 Å². The van der Waals surface area contributed by atoms with Gasteiger partial charge in [-0.3, -0.25) is 20.3 Å². The Bertz CT molecular complexity index is 852. The van der Waals surface area contributed by atoms with Crippen molar-refractivity contribution in [3.8, 4) is 0 Å². The Balaban J connectivity index is 1.41. The first-order chi connectivity index (χ1) is 14.7. The van der Waals surface area contributed by atoms with Gasteiger partial charge in [0.2, 0.25) is 5.91 Å². The van der Waals surface area contributed by atoms with Crippen LogP contribution in [0.2, 0.25) is 0 Å². The van der Waals surface area contributed by atoms with E-state index in [9.17, 15) is 4.79 Å². The molecule has 4 heterocycles. The third-order valence-corrected chi connectivity index (χ3v) is 7.28. The van der Waals surface area contributed by atoms with Gasteiger partial charge in [0.1, 0.15) is 17.2 Å². The summed E-state index contributed by atoms with van der Waals surface area (Å²) in [5.41, 5.74) is 0.951. The predicted molar refractivity (Wildman–Crippen MR) is 117 cm³/mol. The number of hydrogen-bond donors (Lipinski definition) is 4. The van der Waals surface area contributed by atoms with E-state index in [1.165, 1.54) is 0 Å². The molecule has 9 heteroatoms. The normalized spacial score (nSPS) is 33.5. The Hall–Kier alpha value is -1.62. The van der Waals surface area contributed by atoms with Crippen LogP contribution in [0, 0.1) is 0 Å². The minimum atomic E-state index is -0.362. The summed E-state index contributed by atoms with van der Waals surface area (Å²) >= 11 is 1.61. The van der Waals surface area contributed by atoms with E-state index >= 15 is 0 Å². The van der Waals surface area contributed by atoms with Gasteiger partial charge in [0.05, 0.1) is 29.1 Å². The van der Waals surface area contributed by atoms with E-state index in [-0.39, 0.29) is 30.4 Å². The molecular formula is C21H30N6O2S. The van der Waals surface area contributed by atoms with Gasteiger partial charge in [0.15, 0.2) is 0 Å². The lowest BCUT2D eigenvalue weighted by Crippen LogP contribution is -2.72. The van der Waals surface area contributed by atoms with Crippen LogP contribution in [0.25, 0.3) is 10.2 Å². The number of amides is 1. The first kappa shape index (κ1) is 20.3. The zero-order valence-corrected chi connectivity index (χ0v) is 18.1. The molecule has 5 atom stereocenters. The van der Waals surface area contributed by atoms with Crippen LogP contribution in [0.4, 0.5) is 0 Å². The molecule has 3 aliphatic rings. The van der Waals surface area contributed by atoms with Crippen LogP contribution in [0.3, 0.4) is 0 Å². The highest BCUT2D eigenvalue weighted by atomic mass is 32.1. The van der Waals surface area contributed by atoms with Crippen molar-refractivity contribution in [2.24, 2.45) is 0 Å². The molecule has 3 saturated heterocycles. The smallest absolute Gasteiger partial charge is 0.235 e. The molecule has 1 amide bonds. The molecule has 1 aromatic heterocycles. The average molecular weight is 431 g/mol. The molecule has 0 spiro atoms. The fourth-order valence-electron chi connectivity index (χ4n) is 4.63. The highest BCUT2D eigenvalue weighted by molar-refractivity contribution is 7.18. The van der Waals surface area contributed by atoms with Crippen LogP contribution in [-0.4, -0.2) is 73.2 Å². The summed E-state index contributed by atoms with van der Waals surface area (Å²) < 4.78 is 6.80. The number of fused-ring (bicyclic) bond motifs is 1. The Kier molecular flexibility index (Phi) is 5.99. The Morgan fingerprint density at radius 1 is 1.33 bits per heavy atom. The number of ether oxygens (including phenoxy) is 1. The number of morpholine rings is 1. The van der Waals surface area contributed by atoms with Gasteiger partial charge in [-0.05, 0) is 38.4 Å². The highest BCUT2D eigenvalue weighted by Gasteiger charge is 2.42. The summed E-state index contributed by atoms with van der Waals surface area (Å²) in [6.45, 7) is 6.33. The zero-order valence-electron chi connectivity index (χ0n) is 17.3. The SMILES string of the molecule is CC1CN(C2NC(=O)C(c3nc4ccccc4s3)C(N[C@@H]3CCCNC3)N2)CCO1. The van der Waals surface area contributed by atoms with Crippen molar-refractivity contribution in [2.45, 2.75) is 50.3 Å². The highest BCUT2D eigenvalue weighted by Crippen LogP contribution is 2.31. The molecule has 4 unspecified atom stereocenters. The average Bonchev–Trinajstić information content (AvgIpc) is 3.18. The van der Waals surface area contributed by atoms with Crippen molar-refractivity contribution >= 4 is 27.5 Å². The minimum absolute atomic E-state index is 0.0261. The summed E-state index contributed by atoms with van der Waals surface area (Å²) in [7, 11) is 0. The lowest BCUT2D eigenvalue weighted by atomic mass is 10.00. The fourth-order valence-corrected chi connectivity index (χ4v) is 5.73. The Labute approximate surface area is 180 Å². The number of nitrogens with zero attached hydrogens (tertiary/aromatic N) is 2. The largest absolute Gasteiger partial charge is 0.376 e. The number of carbonyl (C=O) groups excluding carboxylic acids is 1. The van der Waals surface area contributed by atoms with Crippen LogP contribution >= 0.6 is 11.3 Å². The van der Waals surface area contributed by atoms with Gasteiger partial charge in [-0.1, -0.05) is 12.1 Å². The number of hydrogen-bond acceptors (Lipinski definition) is 8. The van der Waals surface area contributed by atoms with Crippen LogP contribution < -0.4 is 21.3 Å². The van der Waals surface area contributed by atoms with Crippen molar-refractivity contribution in [3.63, 3.8) is 0 Å². The van der Waals surface area contributed by atoms with Crippen molar-refractivity contribution in [1.29, 1.82) is 0 Å². The van der Waals surface area contributed by atoms with Gasteiger partial charge in [-0.2, -0.15) is 0 Å². The first-order valence-corrected chi connectivity index (χ1v) is 11.7. The lowest BCUT2D eigenvalue weighted by molar-refractivity contribution is -0.132. The summed E-state index contributed by atoms with van der Waals surface area (Å²) in [6.07, 6.45) is 2.04. The van der Waals surface area contributed by atoms with Crippen LogP contribution in [-0.2, 0) is 9.53 Å². The number of rotatable bonds is 4. The van der Waals surface area contributed by atoms with E-state index in [0.29, 0.717) is 12.6 Å². The van der Waals surface area contributed by atoms with Gasteiger partial charge in [-0.25, -0.2) is 4.98 Å². The number of para-hydroxylation sites is 1. The van der Waals surface area contributed by atoms with Crippen LogP contribution in [0.5, 0.6) is 0 Å². The van der Waals surface area contributed by atoms with Crippen molar-refractivity contribution in [1.82, 2.24) is 31.2 Å². The van der Waals surface area contributed by atoms with Gasteiger partial charge in [-0.15, -0.1) is 11.3 Å². The molecular weight excluding hydrogens is 400 g/mol. The maximum atomic E-state index is 13.4. The summed E-state index contributed by atoms with van der Waals surface area (Å²) in [5, 5.41) is 14.9. The molecule has 8 nitrogen and oxygen atoms in total. The second-order valence-corrected chi connectivity index (χ2v) is 9.50. The fraction of sp³-hybridized carbons (Fsp3) is 0.619. The Morgan fingerprint density at radius 2 is 2.23 bits per heavy atom. The zero-order chi connectivity index (χ0) is 20.5. The van der Waals surface area contributed by atoms with Gasteiger partial charge in [0.25, 0.3) is 0 Å². The minimum Gasteiger partial charge on any atom is -0.376 e. The van der Waals surface area contributed by atoms with E-state index < -0.39 is 0 Å². The number of carbonyl (C=O) groups is 1. The van der Waals surface area contributed by atoms with Crippen molar-refractivity contribution in [3.05, 3.63) is 29.3 Å². The molecule has 162 valence electrons. The molecule has 3 aliphatic heterocycles. The molecule has 0 bridgehead atoms. The lowest BCUT2D eigenvalue weighted by Gasteiger charge is -2.45. The third-order valence-electron chi connectivity index (χ3n) is 6.16. The maximum Gasteiger partial charge on any atom is 0.235 e. The number of nitrogens with one attached hydrogen (secondary N) is 4. The van der Waals surface area contributed by atoms with Crippen LogP contribution in [0.1, 0.15) is 30.7 Å². The molecule has 0 aliphatic carbocycles. The second kappa shape index (κ2) is 8.86. The monoisotopic (exact) mass is 430 g/mol. The summed E-state index contributed by atoms with van der Waals surface area (Å²) in [6, 6.07) is 8.42. The van der Waals surface area contributed by atoms with E-state index in [2.05, 4.69) is 39.2 Å². The van der Waals surface area contributed by atoms with Crippen molar-refractivity contribution in [2.75, 3.05) is 32.8 Å². The van der Waals surface area contributed by atoms with Gasteiger partial charge >= 0.3 is 0 Å². The first-order valence-electron chi connectivity index (χ1n) is 10.9. The summed E-state index contributed by atoms with van der Waals surface area (Å²) in [4.78, 5) is 20.4. The summed E-state index contributed by atoms with van der Waals surface area (Å²) in [5.74, 6) is -0.336. The topological polar surface area (TPSA) is 90.6 Å². The number of thiazole rings is 1. The quantitative estimate of drug-likeness (QED) is 0.570. The number of piperidine rings is 1. The third kappa shape index (κ3) is 4.23. The number of aromatic nitrogens is 1. The standard InChI is InChI=1S/C21H30N6O2S/c1-13-12-27(9-10-29-13)21-25-18(23-14-5-4-8-22-11-14)17(19(28)26-21)20-24-15-6-2-3-7-16(15)30-20/h2-3,6-7,13-14,17-18,21-23,25H,4-5,8-12H2,1H3,(H,26,28)/t13?,14-,17?,18?,21?/m1/s1. The van der Waals surface area contributed by atoms with E-state index in [0.717, 1.165) is 54.2 Å². The molecule has 0 saturated carbocycles. The molecule has 5 rings (SSSR count). The molecule has 4 N–H and O–H groups in total. The van der Waals surface area contributed by atoms with Gasteiger partial charge in [0, 0.05) is 25.7 Å². The van der Waals surface area contributed by atoms with Gasteiger partial charge < -0.3 is 15.4 Å². The second-order valence-electron chi connectivity index (χ2n) is 8.44. The molecule has 1 aromatic carbocycles. The maximum absolute atomic E-state index is 13.4. The van der Waals surface area contributed by atoms with E-state index in [4.69, 9.17) is 9.72 Å². The van der Waals surface area contributed by atoms with Crippen LogP contribution in [0.15, 0.2) is 24.3 Å². The van der Waals surface area contributed by atoms with E-state index in [1.54, 1.807) is 11.3 Å². The Morgan fingerprint density at radius 3 is 3.03 bits per heavy atom.